The summed E-state index contributed by atoms with van der Waals surface area (Å²) in [7, 11) is 0. The average molecular weight is 378 g/mol. The molecule has 6 nitrogen and oxygen atoms in total. The molecule has 2 aromatic carbocycles. The van der Waals surface area contributed by atoms with Crippen LogP contribution >= 0.6 is 11.6 Å². The normalized spacial score (nSPS) is 10.2. The van der Waals surface area contributed by atoms with Crippen molar-refractivity contribution in [2.45, 2.75) is 6.92 Å². The Balaban J connectivity index is 1.85. The van der Waals surface area contributed by atoms with Gasteiger partial charge in [-0.1, -0.05) is 23.7 Å². The molecule has 0 unspecified atom stereocenters. The molecule has 0 saturated carbocycles. The van der Waals surface area contributed by atoms with Crippen LogP contribution in [0.4, 0.5) is 5.69 Å². The van der Waals surface area contributed by atoms with Crippen LogP contribution in [0.25, 0.3) is 0 Å². The molecule has 0 aliphatic rings. The first-order valence-corrected chi connectivity index (χ1v) is 8.49. The highest BCUT2D eigenvalue weighted by Gasteiger charge is 2.10. The smallest absolute Gasteiger partial charge is 0.338 e. The number of esters is 1. The van der Waals surface area contributed by atoms with Gasteiger partial charge in [-0.05, 0) is 43.3 Å². The van der Waals surface area contributed by atoms with E-state index in [0.29, 0.717) is 35.2 Å². The van der Waals surface area contributed by atoms with Gasteiger partial charge in [0.25, 0.3) is 5.91 Å². The van der Waals surface area contributed by atoms with Crippen LogP contribution in [0.3, 0.4) is 0 Å². The predicted molar refractivity (Wildman–Crippen MR) is 98.8 cm³/mol. The van der Waals surface area contributed by atoms with Gasteiger partial charge in [-0.2, -0.15) is 0 Å². The molecular weight excluding hydrogens is 358 g/mol. The standard InChI is InChI=1S/C19H20ClNO5/c1-2-24-9-10-25-19(23)14-5-3-7-16(11-14)21-18(22)13-26-17-8-4-6-15(20)12-17/h3-8,11-12H,2,9-10,13H2,1H3,(H,21,22). The fraction of sp³-hybridized carbons (Fsp3) is 0.263. The lowest BCUT2D eigenvalue weighted by Gasteiger charge is -2.09. The van der Waals surface area contributed by atoms with Crippen molar-refractivity contribution in [3.63, 3.8) is 0 Å². The third kappa shape index (κ3) is 6.74. The zero-order chi connectivity index (χ0) is 18.8. The lowest BCUT2D eigenvalue weighted by atomic mass is 10.2. The minimum atomic E-state index is -0.476. The van der Waals surface area contributed by atoms with Gasteiger partial charge in [0.2, 0.25) is 0 Å². The minimum Gasteiger partial charge on any atom is -0.484 e. The largest absolute Gasteiger partial charge is 0.484 e. The van der Waals surface area contributed by atoms with Crippen LogP contribution in [0.2, 0.25) is 5.02 Å². The Morgan fingerprint density at radius 1 is 1.08 bits per heavy atom. The molecule has 0 bridgehead atoms. The maximum atomic E-state index is 12.0. The molecule has 0 atom stereocenters. The molecule has 2 rings (SSSR count). The van der Waals surface area contributed by atoms with Gasteiger partial charge >= 0.3 is 5.97 Å². The Morgan fingerprint density at radius 2 is 1.88 bits per heavy atom. The second kappa shape index (κ2) is 10.4. The molecule has 1 N–H and O–H groups in total. The lowest BCUT2D eigenvalue weighted by molar-refractivity contribution is -0.118. The number of halogens is 1. The number of benzene rings is 2. The van der Waals surface area contributed by atoms with Gasteiger partial charge in [-0.15, -0.1) is 0 Å². The van der Waals surface area contributed by atoms with Gasteiger partial charge in [0.05, 0.1) is 12.2 Å². The van der Waals surface area contributed by atoms with Gasteiger partial charge < -0.3 is 19.5 Å². The number of carbonyl (C=O) groups is 2. The summed E-state index contributed by atoms with van der Waals surface area (Å²) in [4.78, 5) is 24.0. The van der Waals surface area contributed by atoms with E-state index >= 15 is 0 Å². The summed E-state index contributed by atoms with van der Waals surface area (Å²) in [6, 6.07) is 13.3. The fourth-order valence-corrected chi connectivity index (χ4v) is 2.23. The predicted octanol–water partition coefficient (Wildman–Crippen LogP) is 3.55. The molecule has 138 valence electrons. The van der Waals surface area contributed by atoms with E-state index in [9.17, 15) is 9.59 Å². The van der Waals surface area contributed by atoms with Crippen LogP contribution in [0, 0.1) is 0 Å². The van der Waals surface area contributed by atoms with Crippen molar-refractivity contribution in [3.8, 4) is 5.75 Å². The quantitative estimate of drug-likeness (QED) is 0.534. The molecule has 0 heterocycles. The van der Waals surface area contributed by atoms with Crippen molar-refractivity contribution in [1.29, 1.82) is 0 Å². The van der Waals surface area contributed by atoms with Gasteiger partial charge in [-0.25, -0.2) is 4.79 Å². The Kier molecular flexibility index (Phi) is 7.92. The average Bonchev–Trinajstić information content (AvgIpc) is 2.64. The molecule has 0 aliphatic carbocycles. The number of amides is 1. The third-order valence-corrected chi connectivity index (χ3v) is 3.45. The number of hydrogen-bond acceptors (Lipinski definition) is 5. The van der Waals surface area contributed by atoms with Crippen molar-refractivity contribution in [1.82, 2.24) is 0 Å². The highest BCUT2D eigenvalue weighted by molar-refractivity contribution is 6.30. The van der Waals surface area contributed by atoms with E-state index in [4.69, 9.17) is 25.8 Å². The second-order valence-electron chi connectivity index (χ2n) is 5.21. The molecule has 0 spiro atoms. The molecular formula is C19H20ClNO5. The van der Waals surface area contributed by atoms with Crippen LogP contribution in [-0.4, -0.2) is 38.3 Å². The van der Waals surface area contributed by atoms with Crippen molar-refractivity contribution in [2.75, 3.05) is 31.7 Å². The van der Waals surface area contributed by atoms with Gasteiger partial charge in [0.15, 0.2) is 6.61 Å². The molecule has 7 heteroatoms. The van der Waals surface area contributed by atoms with Crippen LogP contribution in [0.15, 0.2) is 48.5 Å². The number of anilines is 1. The molecule has 0 radical (unpaired) electrons. The van der Waals surface area contributed by atoms with E-state index in [1.807, 2.05) is 6.92 Å². The first kappa shape index (κ1) is 19.8. The van der Waals surface area contributed by atoms with E-state index in [-0.39, 0.29) is 19.1 Å². The van der Waals surface area contributed by atoms with E-state index in [1.54, 1.807) is 48.5 Å². The molecule has 0 fully saturated rings. The Morgan fingerprint density at radius 3 is 2.65 bits per heavy atom. The number of ether oxygens (including phenoxy) is 3. The highest BCUT2D eigenvalue weighted by atomic mass is 35.5. The molecule has 0 saturated heterocycles. The second-order valence-corrected chi connectivity index (χ2v) is 5.64. The molecule has 0 aliphatic heterocycles. The Bertz CT molecular complexity index is 750. The summed E-state index contributed by atoms with van der Waals surface area (Å²) in [5.74, 6) is -0.331. The summed E-state index contributed by atoms with van der Waals surface area (Å²) in [6.45, 7) is 2.78. The number of carbonyl (C=O) groups excluding carboxylic acids is 2. The lowest BCUT2D eigenvalue weighted by Crippen LogP contribution is -2.20. The molecule has 0 aromatic heterocycles. The Labute approximate surface area is 157 Å². The summed E-state index contributed by atoms with van der Waals surface area (Å²) < 4.78 is 15.6. The van der Waals surface area contributed by atoms with Crippen molar-refractivity contribution >= 4 is 29.2 Å². The van der Waals surface area contributed by atoms with Gasteiger partial charge in [0.1, 0.15) is 12.4 Å². The van der Waals surface area contributed by atoms with E-state index in [0.717, 1.165) is 0 Å². The van der Waals surface area contributed by atoms with E-state index in [1.165, 1.54) is 0 Å². The summed E-state index contributed by atoms with van der Waals surface area (Å²) in [5, 5.41) is 3.20. The monoisotopic (exact) mass is 377 g/mol. The minimum absolute atomic E-state index is 0.177. The van der Waals surface area contributed by atoms with E-state index < -0.39 is 5.97 Å². The topological polar surface area (TPSA) is 73.9 Å². The van der Waals surface area contributed by atoms with Crippen LogP contribution in [-0.2, 0) is 14.3 Å². The van der Waals surface area contributed by atoms with Crippen LogP contribution in [0.1, 0.15) is 17.3 Å². The number of nitrogens with one attached hydrogen (secondary N) is 1. The summed E-state index contributed by atoms with van der Waals surface area (Å²) in [6.07, 6.45) is 0. The van der Waals surface area contributed by atoms with Gasteiger partial charge in [-0.3, -0.25) is 4.79 Å². The summed E-state index contributed by atoms with van der Waals surface area (Å²) in [5.41, 5.74) is 0.819. The zero-order valence-electron chi connectivity index (χ0n) is 14.4. The van der Waals surface area contributed by atoms with Crippen LogP contribution < -0.4 is 10.1 Å². The van der Waals surface area contributed by atoms with Crippen LogP contribution in [0.5, 0.6) is 5.75 Å². The maximum absolute atomic E-state index is 12.0. The Hall–Kier alpha value is -2.57. The first-order chi connectivity index (χ1) is 12.6. The highest BCUT2D eigenvalue weighted by Crippen LogP contribution is 2.17. The molecule has 1 amide bonds. The molecule has 26 heavy (non-hydrogen) atoms. The van der Waals surface area contributed by atoms with Crippen molar-refractivity contribution in [3.05, 3.63) is 59.1 Å². The third-order valence-electron chi connectivity index (χ3n) is 3.21. The van der Waals surface area contributed by atoms with Crippen molar-refractivity contribution in [2.24, 2.45) is 0 Å². The number of hydrogen-bond donors (Lipinski definition) is 1. The zero-order valence-corrected chi connectivity index (χ0v) is 15.1. The SMILES string of the molecule is CCOCCOC(=O)c1cccc(NC(=O)COc2cccc(Cl)c2)c1. The van der Waals surface area contributed by atoms with Crippen molar-refractivity contribution < 1.29 is 23.8 Å². The maximum Gasteiger partial charge on any atom is 0.338 e. The number of rotatable bonds is 9. The fourth-order valence-electron chi connectivity index (χ4n) is 2.05. The first-order valence-electron chi connectivity index (χ1n) is 8.11. The van der Waals surface area contributed by atoms with Gasteiger partial charge in [0, 0.05) is 17.3 Å². The van der Waals surface area contributed by atoms with E-state index in [2.05, 4.69) is 5.32 Å². The summed E-state index contributed by atoms with van der Waals surface area (Å²) >= 11 is 5.86. The molecule has 2 aromatic rings.